The number of rotatable bonds is 5. The molecule has 0 heterocycles. The molecule has 1 N–H and O–H groups in total. The second kappa shape index (κ2) is 7.45. The van der Waals surface area contributed by atoms with Crippen LogP contribution in [0.25, 0.3) is 11.6 Å². The van der Waals surface area contributed by atoms with E-state index >= 15 is 0 Å². The Bertz CT molecular complexity index is 900. The first-order valence-corrected chi connectivity index (χ1v) is 7.66. The molecular weight excluding hydrogens is 319 g/mol. The van der Waals surface area contributed by atoms with E-state index < -0.39 is 11.8 Å². The van der Waals surface area contributed by atoms with Crippen molar-refractivity contribution < 1.29 is 19.0 Å². The van der Waals surface area contributed by atoms with Gasteiger partial charge in [0.05, 0.1) is 5.57 Å². The average molecular weight is 334 g/mol. The van der Waals surface area contributed by atoms with E-state index in [4.69, 9.17) is 4.74 Å². The van der Waals surface area contributed by atoms with E-state index in [0.29, 0.717) is 22.6 Å². The molecule has 0 fully saturated rings. The summed E-state index contributed by atoms with van der Waals surface area (Å²) in [5.74, 6) is -0.197. The zero-order chi connectivity index (χ0) is 17.6. The van der Waals surface area contributed by atoms with Crippen LogP contribution in [0.1, 0.15) is 11.1 Å². The Kier molecular flexibility index (Phi) is 4.90. The van der Waals surface area contributed by atoms with Crippen LogP contribution >= 0.6 is 0 Å². The van der Waals surface area contributed by atoms with E-state index in [2.05, 4.69) is 0 Å². The molecule has 0 aliphatic rings. The Morgan fingerprint density at radius 3 is 2.24 bits per heavy atom. The molecule has 4 heteroatoms. The smallest absolute Gasteiger partial charge is 0.336 e. The molecule has 3 rings (SSSR count). The highest BCUT2D eigenvalue weighted by Crippen LogP contribution is 2.25. The van der Waals surface area contributed by atoms with Gasteiger partial charge in [0.15, 0.2) is 0 Å². The molecule has 0 amide bonds. The maximum Gasteiger partial charge on any atom is 0.336 e. The van der Waals surface area contributed by atoms with Crippen molar-refractivity contribution in [2.45, 2.75) is 0 Å². The van der Waals surface area contributed by atoms with E-state index in [9.17, 15) is 14.3 Å². The zero-order valence-electron chi connectivity index (χ0n) is 13.2. The number of hydrogen-bond donors (Lipinski definition) is 1. The first-order chi connectivity index (χ1) is 12.1. The Labute approximate surface area is 144 Å². The molecule has 0 unspecified atom stereocenters. The van der Waals surface area contributed by atoms with E-state index in [1.165, 1.54) is 30.3 Å². The fraction of sp³-hybridized carbons (Fsp3) is 0. The van der Waals surface area contributed by atoms with Gasteiger partial charge >= 0.3 is 5.97 Å². The van der Waals surface area contributed by atoms with Crippen LogP contribution < -0.4 is 4.74 Å². The highest BCUT2D eigenvalue weighted by Gasteiger charge is 2.11. The average Bonchev–Trinajstić information content (AvgIpc) is 2.62. The highest BCUT2D eigenvalue weighted by molar-refractivity contribution is 6.20. The number of carboxylic acids is 1. The Morgan fingerprint density at radius 1 is 0.880 bits per heavy atom. The number of ether oxygens (including phenoxy) is 1. The quantitative estimate of drug-likeness (QED) is 0.512. The van der Waals surface area contributed by atoms with E-state index in [0.717, 1.165) is 0 Å². The molecule has 3 nitrogen and oxygen atoms in total. The predicted octanol–water partition coefficient (Wildman–Crippen LogP) is 5.24. The molecule has 0 saturated heterocycles. The summed E-state index contributed by atoms with van der Waals surface area (Å²) < 4.78 is 18.8. The first-order valence-electron chi connectivity index (χ1n) is 7.66. The van der Waals surface area contributed by atoms with Gasteiger partial charge < -0.3 is 9.84 Å². The zero-order valence-corrected chi connectivity index (χ0v) is 13.2. The molecule has 0 saturated carbocycles. The van der Waals surface area contributed by atoms with E-state index in [-0.39, 0.29) is 5.57 Å². The summed E-state index contributed by atoms with van der Waals surface area (Å²) >= 11 is 0. The second-order valence-electron chi connectivity index (χ2n) is 5.36. The number of halogens is 1. The van der Waals surface area contributed by atoms with Crippen LogP contribution in [0.15, 0.2) is 78.9 Å². The van der Waals surface area contributed by atoms with Crippen molar-refractivity contribution in [3.05, 3.63) is 95.8 Å². The summed E-state index contributed by atoms with van der Waals surface area (Å²) in [6.45, 7) is 0. The van der Waals surface area contributed by atoms with Crippen LogP contribution in [-0.2, 0) is 4.79 Å². The maximum absolute atomic E-state index is 13.1. The summed E-state index contributed by atoms with van der Waals surface area (Å²) in [6.07, 6.45) is 1.54. The van der Waals surface area contributed by atoms with Gasteiger partial charge in [-0.05, 0) is 53.6 Å². The van der Waals surface area contributed by atoms with Gasteiger partial charge in [-0.1, -0.05) is 42.5 Å². The molecule has 0 aliphatic heterocycles. The fourth-order valence-electron chi connectivity index (χ4n) is 2.36. The summed E-state index contributed by atoms with van der Waals surface area (Å²) in [5.41, 5.74) is 1.19. The number of aliphatic carboxylic acids is 1. The first kappa shape index (κ1) is 16.5. The SMILES string of the molecule is O=C(O)/C(=C\c1cccc(Oc2ccccc2)c1)c1ccc(F)cc1. The van der Waals surface area contributed by atoms with Crippen molar-refractivity contribution in [3.8, 4) is 11.5 Å². The topological polar surface area (TPSA) is 46.5 Å². The minimum Gasteiger partial charge on any atom is -0.478 e. The molecule has 0 aromatic heterocycles. The predicted molar refractivity (Wildman–Crippen MR) is 94.9 cm³/mol. The lowest BCUT2D eigenvalue weighted by Gasteiger charge is -2.07. The van der Waals surface area contributed by atoms with Gasteiger partial charge in [0, 0.05) is 0 Å². The molecule has 124 valence electrons. The molecule has 0 bridgehead atoms. The second-order valence-corrected chi connectivity index (χ2v) is 5.36. The van der Waals surface area contributed by atoms with Crippen molar-refractivity contribution in [1.29, 1.82) is 0 Å². The molecule has 0 radical (unpaired) electrons. The summed E-state index contributed by atoms with van der Waals surface area (Å²) in [7, 11) is 0. The molecule has 0 spiro atoms. The molecule has 3 aromatic rings. The largest absolute Gasteiger partial charge is 0.478 e. The van der Waals surface area contributed by atoms with Crippen LogP contribution in [0.2, 0.25) is 0 Å². The van der Waals surface area contributed by atoms with Crippen molar-refractivity contribution in [3.63, 3.8) is 0 Å². The highest BCUT2D eigenvalue weighted by atomic mass is 19.1. The summed E-state index contributed by atoms with van der Waals surface area (Å²) in [5, 5.41) is 9.47. The lowest BCUT2D eigenvalue weighted by atomic mass is 10.0. The molecule has 0 aliphatic carbocycles. The van der Waals surface area contributed by atoms with Gasteiger partial charge in [-0.25, -0.2) is 9.18 Å². The summed E-state index contributed by atoms with van der Waals surface area (Å²) in [4.78, 5) is 11.6. The van der Waals surface area contributed by atoms with Crippen molar-refractivity contribution in [1.82, 2.24) is 0 Å². The molecule has 0 atom stereocenters. The van der Waals surface area contributed by atoms with Crippen molar-refractivity contribution in [2.75, 3.05) is 0 Å². The van der Waals surface area contributed by atoms with Crippen LogP contribution in [0.5, 0.6) is 11.5 Å². The van der Waals surface area contributed by atoms with Crippen LogP contribution in [0, 0.1) is 5.82 Å². The Hall–Kier alpha value is -3.40. The minimum atomic E-state index is -1.08. The Balaban J connectivity index is 1.91. The fourth-order valence-corrected chi connectivity index (χ4v) is 2.36. The van der Waals surface area contributed by atoms with Gasteiger partial charge in [0.25, 0.3) is 0 Å². The van der Waals surface area contributed by atoms with Crippen LogP contribution in [0.4, 0.5) is 4.39 Å². The van der Waals surface area contributed by atoms with E-state index in [1.54, 1.807) is 24.3 Å². The monoisotopic (exact) mass is 334 g/mol. The van der Waals surface area contributed by atoms with Crippen molar-refractivity contribution in [2.24, 2.45) is 0 Å². The standard InChI is InChI=1S/C21H15FO3/c22-17-11-9-16(10-12-17)20(21(23)24)14-15-5-4-8-19(13-15)25-18-6-2-1-3-7-18/h1-14H,(H,23,24)/b20-14-. The van der Waals surface area contributed by atoms with E-state index in [1.807, 2.05) is 30.3 Å². The number of para-hydroxylation sites is 1. The normalized spacial score (nSPS) is 11.2. The van der Waals surface area contributed by atoms with Gasteiger partial charge in [-0.3, -0.25) is 0 Å². The number of carboxylic acid groups (broad SMARTS) is 1. The van der Waals surface area contributed by atoms with Gasteiger partial charge in [0.1, 0.15) is 17.3 Å². The third-order valence-corrected chi connectivity index (χ3v) is 3.53. The van der Waals surface area contributed by atoms with Crippen LogP contribution in [-0.4, -0.2) is 11.1 Å². The van der Waals surface area contributed by atoms with Gasteiger partial charge in [-0.15, -0.1) is 0 Å². The lowest BCUT2D eigenvalue weighted by molar-refractivity contribution is -0.130. The number of hydrogen-bond acceptors (Lipinski definition) is 2. The lowest BCUT2D eigenvalue weighted by Crippen LogP contribution is -1.99. The third-order valence-electron chi connectivity index (χ3n) is 3.53. The van der Waals surface area contributed by atoms with Crippen molar-refractivity contribution >= 4 is 17.6 Å². The molecule has 3 aromatic carbocycles. The number of carbonyl (C=O) groups is 1. The molecule has 25 heavy (non-hydrogen) atoms. The van der Waals surface area contributed by atoms with Crippen LogP contribution in [0.3, 0.4) is 0 Å². The summed E-state index contributed by atoms with van der Waals surface area (Å²) in [6, 6.07) is 21.8. The minimum absolute atomic E-state index is 0.0804. The maximum atomic E-state index is 13.1. The third kappa shape index (κ3) is 4.32. The Morgan fingerprint density at radius 2 is 1.56 bits per heavy atom. The number of benzene rings is 3. The molecular formula is C21H15FO3. The van der Waals surface area contributed by atoms with Gasteiger partial charge in [-0.2, -0.15) is 0 Å². The van der Waals surface area contributed by atoms with Gasteiger partial charge in [0.2, 0.25) is 0 Å².